The zero-order valence-electron chi connectivity index (χ0n) is 9.14. The average molecular weight is 331 g/mol. The number of nitrogens with zero attached hydrogens (tertiary/aromatic N) is 2. The zero-order valence-corrected chi connectivity index (χ0v) is 11.5. The summed E-state index contributed by atoms with van der Waals surface area (Å²) in [5, 5.41) is 0.838. The van der Waals surface area contributed by atoms with Crippen LogP contribution in [0.4, 0.5) is 0 Å². The Hall–Kier alpha value is -1.24. The molecule has 0 aromatic carbocycles. The van der Waals surface area contributed by atoms with E-state index in [2.05, 4.69) is 30.2 Å². The molecule has 2 aromatic rings. The standard InChI is InChI=1S/C11H9BrClN3O2/c12-7-5-16-9(4-8(14)11(17)18-13)6-2-1-3-15-10(6)7/h1-3,5,8H,4,14H2/t8-/m0/s1. The SMILES string of the molecule is N[C@@H](Cc1ncc(Br)c2ncccc12)C(=O)OCl. The maximum absolute atomic E-state index is 11.2. The van der Waals surface area contributed by atoms with Crippen LogP contribution in [0.15, 0.2) is 29.0 Å². The predicted octanol–water partition coefficient (Wildman–Crippen LogP) is 1.96. The predicted molar refractivity (Wildman–Crippen MR) is 70.9 cm³/mol. The van der Waals surface area contributed by atoms with Gasteiger partial charge in [0, 0.05) is 24.2 Å². The van der Waals surface area contributed by atoms with Crippen LogP contribution in [0.25, 0.3) is 10.9 Å². The van der Waals surface area contributed by atoms with Gasteiger partial charge in [-0.2, -0.15) is 0 Å². The van der Waals surface area contributed by atoms with Crippen molar-refractivity contribution in [2.75, 3.05) is 0 Å². The summed E-state index contributed by atoms with van der Waals surface area (Å²) in [6.45, 7) is 0. The van der Waals surface area contributed by atoms with E-state index in [1.54, 1.807) is 18.5 Å². The molecule has 2 heterocycles. The normalized spacial score (nSPS) is 12.4. The first-order valence-corrected chi connectivity index (χ1v) is 6.19. The van der Waals surface area contributed by atoms with Crippen molar-refractivity contribution in [3.8, 4) is 0 Å². The molecule has 2 N–H and O–H groups in total. The van der Waals surface area contributed by atoms with E-state index in [1.807, 2.05) is 6.07 Å². The Morgan fingerprint density at radius 2 is 2.33 bits per heavy atom. The largest absolute Gasteiger partial charge is 0.346 e. The highest BCUT2D eigenvalue weighted by molar-refractivity contribution is 9.10. The molecule has 0 spiro atoms. The van der Waals surface area contributed by atoms with Gasteiger partial charge in [-0.05, 0) is 28.1 Å². The number of hydrogen-bond acceptors (Lipinski definition) is 5. The van der Waals surface area contributed by atoms with E-state index in [9.17, 15) is 4.79 Å². The van der Waals surface area contributed by atoms with Crippen molar-refractivity contribution in [2.45, 2.75) is 12.5 Å². The molecule has 2 aromatic heterocycles. The zero-order chi connectivity index (χ0) is 13.1. The van der Waals surface area contributed by atoms with Crippen LogP contribution >= 0.6 is 27.8 Å². The maximum Gasteiger partial charge on any atom is 0.341 e. The van der Waals surface area contributed by atoms with Crippen molar-refractivity contribution in [1.82, 2.24) is 9.97 Å². The van der Waals surface area contributed by atoms with Crippen LogP contribution in [0.2, 0.25) is 0 Å². The van der Waals surface area contributed by atoms with Gasteiger partial charge < -0.3 is 10.0 Å². The molecule has 94 valence electrons. The highest BCUT2D eigenvalue weighted by Gasteiger charge is 2.18. The number of nitrogens with two attached hydrogens (primary N) is 1. The van der Waals surface area contributed by atoms with Crippen LogP contribution < -0.4 is 5.73 Å². The van der Waals surface area contributed by atoms with Crippen LogP contribution in [-0.2, 0) is 15.5 Å². The van der Waals surface area contributed by atoms with Gasteiger partial charge >= 0.3 is 5.97 Å². The van der Waals surface area contributed by atoms with Gasteiger partial charge in [0.25, 0.3) is 0 Å². The second kappa shape index (κ2) is 5.60. The molecule has 0 amide bonds. The molecule has 0 aliphatic carbocycles. The van der Waals surface area contributed by atoms with Crippen LogP contribution in [0.5, 0.6) is 0 Å². The Labute approximate surface area is 117 Å². The van der Waals surface area contributed by atoms with E-state index in [4.69, 9.17) is 17.6 Å². The summed E-state index contributed by atoms with van der Waals surface area (Å²) in [6.07, 6.45) is 3.55. The summed E-state index contributed by atoms with van der Waals surface area (Å²) in [5.41, 5.74) is 7.11. The lowest BCUT2D eigenvalue weighted by Gasteiger charge is -2.09. The van der Waals surface area contributed by atoms with Gasteiger partial charge in [-0.1, -0.05) is 0 Å². The van der Waals surface area contributed by atoms with Crippen molar-refractivity contribution >= 4 is 44.7 Å². The van der Waals surface area contributed by atoms with Crippen molar-refractivity contribution in [1.29, 1.82) is 0 Å². The molecule has 0 fully saturated rings. The number of carbonyl (C=O) groups excluding carboxylic acids is 1. The van der Waals surface area contributed by atoms with E-state index in [1.165, 1.54) is 0 Å². The summed E-state index contributed by atoms with van der Waals surface area (Å²) in [7, 11) is 0. The molecule has 0 aliphatic heterocycles. The Kier molecular flexibility index (Phi) is 4.11. The maximum atomic E-state index is 11.2. The highest BCUT2D eigenvalue weighted by Crippen LogP contribution is 2.23. The summed E-state index contributed by atoms with van der Waals surface area (Å²) >= 11 is 8.36. The highest BCUT2D eigenvalue weighted by atomic mass is 79.9. The van der Waals surface area contributed by atoms with Crippen molar-refractivity contribution in [3.63, 3.8) is 0 Å². The third-order valence-electron chi connectivity index (χ3n) is 2.47. The van der Waals surface area contributed by atoms with E-state index in [0.717, 1.165) is 15.4 Å². The van der Waals surface area contributed by atoms with Gasteiger partial charge in [0.1, 0.15) is 17.9 Å². The monoisotopic (exact) mass is 329 g/mol. The van der Waals surface area contributed by atoms with Crippen molar-refractivity contribution in [2.24, 2.45) is 5.73 Å². The Bertz CT molecular complexity index is 594. The minimum Gasteiger partial charge on any atom is -0.346 e. The van der Waals surface area contributed by atoms with E-state index >= 15 is 0 Å². The molecule has 5 nitrogen and oxygen atoms in total. The Balaban J connectivity index is 2.40. The molecule has 0 unspecified atom stereocenters. The fourth-order valence-corrected chi connectivity index (χ4v) is 2.14. The third kappa shape index (κ3) is 2.60. The van der Waals surface area contributed by atoms with Gasteiger partial charge in [-0.3, -0.25) is 9.97 Å². The molecule has 0 radical (unpaired) electrons. The number of fused-ring (bicyclic) bond motifs is 1. The number of pyridine rings is 2. The summed E-state index contributed by atoms with van der Waals surface area (Å²) in [6, 6.07) is 2.82. The Morgan fingerprint density at radius 3 is 3.06 bits per heavy atom. The second-order valence-corrected chi connectivity index (χ2v) is 4.67. The number of rotatable bonds is 3. The molecule has 18 heavy (non-hydrogen) atoms. The Morgan fingerprint density at radius 1 is 1.56 bits per heavy atom. The van der Waals surface area contributed by atoms with Crippen LogP contribution in [0.1, 0.15) is 5.69 Å². The molecule has 0 aliphatic rings. The lowest BCUT2D eigenvalue weighted by atomic mass is 10.1. The molecule has 7 heteroatoms. The first-order valence-electron chi connectivity index (χ1n) is 5.09. The van der Waals surface area contributed by atoms with E-state index in [-0.39, 0.29) is 6.42 Å². The minimum atomic E-state index is -0.848. The number of carbonyl (C=O) groups is 1. The van der Waals surface area contributed by atoms with Crippen LogP contribution in [-0.4, -0.2) is 22.0 Å². The van der Waals surface area contributed by atoms with Gasteiger partial charge in [0.05, 0.1) is 15.7 Å². The molecular formula is C11H9BrClN3O2. The third-order valence-corrected chi connectivity index (χ3v) is 3.20. The minimum absolute atomic E-state index is 0.237. The number of halogens is 2. The topological polar surface area (TPSA) is 78.1 Å². The van der Waals surface area contributed by atoms with E-state index < -0.39 is 12.0 Å². The smallest absolute Gasteiger partial charge is 0.341 e. The molecule has 0 saturated heterocycles. The average Bonchev–Trinajstić information content (AvgIpc) is 2.41. The molecule has 0 bridgehead atoms. The lowest BCUT2D eigenvalue weighted by molar-refractivity contribution is -0.135. The summed E-state index contributed by atoms with van der Waals surface area (Å²) < 4.78 is 4.86. The fraction of sp³-hybridized carbons (Fsp3) is 0.182. The van der Waals surface area contributed by atoms with Crippen LogP contribution in [0.3, 0.4) is 0 Å². The van der Waals surface area contributed by atoms with Gasteiger partial charge in [-0.25, -0.2) is 4.79 Å². The molecular weight excluding hydrogens is 321 g/mol. The quantitative estimate of drug-likeness (QED) is 0.931. The first-order chi connectivity index (χ1) is 8.63. The van der Waals surface area contributed by atoms with Crippen LogP contribution in [0, 0.1) is 0 Å². The van der Waals surface area contributed by atoms with E-state index in [0.29, 0.717) is 5.69 Å². The lowest BCUT2D eigenvalue weighted by Crippen LogP contribution is -2.33. The number of aromatic nitrogens is 2. The molecule has 1 atom stereocenters. The molecule has 0 saturated carbocycles. The van der Waals surface area contributed by atoms with Crippen molar-refractivity contribution < 1.29 is 9.08 Å². The fourth-order valence-electron chi connectivity index (χ4n) is 1.61. The second-order valence-electron chi connectivity index (χ2n) is 3.66. The number of hydrogen-bond donors (Lipinski definition) is 1. The van der Waals surface area contributed by atoms with Gasteiger partial charge in [0.15, 0.2) is 0 Å². The summed E-state index contributed by atoms with van der Waals surface area (Å²) in [4.78, 5) is 19.7. The van der Waals surface area contributed by atoms with Crippen molar-refractivity contribution in [3.05, 3.63) is 34.7 Å². The molecule has 2 rings (SSSR count). The first kappa shape index (κ1) is 13.2. The van der Waals surface area contributed by atoms with Gasteiger partial charge in [0.2, 0.25) is 0 Å². The summed E-state index contributed by atoms with van der Waals surface area (Å²) in [5.74, 6) is -0.682. The van der Waals surface area contributed by atoms with Gasteiger partial charge in [-0.15, -0.1) is 0 Å².